The number of ketones is 1. The van der Waals surface area contributed by atoms with Crippen LogP contribution >= 0.6 is 15.9 Å². The van der Waals surface area contributed by atoms with Gasteiger partial charge in [-0.05, 0) is 57.2 Å². The summed E-state index contributed by atoms with van der Waals surface area (Å²) >= 11 is 3.39. The summed E-state index contributed by atoms with van der Waals surface area (Å²) in [6.45, 7) is 11.4. The van der Waals surface area contributed by atoms with E-state index in [1.54, 1.807) is 20.8 Å². The molecule has 0 bridgehead atoms. The van der Waals surface area contributed by atoms with Crippen LogP contribution in [0.25, 0.3) is 0 Å². The Morgan fingerprint density at radius 1 is 1.10 bits per heavy atom. The second-order valence-corrected chi connectivity index (χ2v) is 10.2. The van der Waals surface area contributed by atoms with Crippen molar-refractivity contribution in [2.24, 2.45) is 11.8 Å². The van der Waals surface area contributed by atoms with Crippen LogP contribution in [0.4, 0.5) is 0 Å². The van der Waals surface area contributed by atoms with Crippen molar-refractivity contribution in [3.05, 3.63) is 34.3 Å². The van der Waals surface area contributed by atoms with Crippen LogP contribution in [-0.4, -0.2) is 29.3 Å². The molecular weight excluding hydrogens is 446 g/mol. The number of ether oxygens (including phenoxy) is 1. The highest BCUT2D eigenvalue weighted by Crippen LogP contribution is 2.20. The van der Waals surface area contributed by atoms with Gasteiger partial charge in [-0.1, -0.05) is 55.3 Å². The Bertz CT molecular complexity index is 707. The lowest BCUT2D eigenvalue weighted by molar-refractivity contribution is -0.159. The van der Waals surface area contributed by atoms with Crippen molar-refractivity contribution in [1.82, 2.24) is 5.32 Å². The second kappa shape index (κ2) is 12.2. The smallest absolute Gasteiger partial charge is 0.329 e. The van der Waals surface area contributed by atoms with Gasteiger partial charge in [0.15, 0.2) is 0 Å². The van der Waals surface area contributed by atoms with Crippen molar-refractivity contribution in [3.63, 3.8) is 0 Å². The Hall–Kier alpha value is -1.69. The number of esters is 1. The van der Waals surface area contributed by atoms with Crippen molar-refractivity contribution in [3.8, 4) is 0 Å². The summed E-state index contributed by atoms with van der Waals surface area (Å²) in [5.74, 6) is -0.871. The minimum absolute atomic E-state index is 0.0161. The van der Waals surface area contributed by atoms with Crippen molar-refractivity contribution >= 4 is 33.6 Å². The van der Waals surface area contributed by atoms with Gasteiger partial charge >= 0.3 is 5.97 Å². The number of nitrogens with one attached hydrogen (secondary N) is 1. The van der Waals surface area contributed by atoms with Gasteiger partial charge < -0.3 is 10.1 Å². The zero-order valence-electron chi connectivity index (χ0n) is 19.1. The van der Waals surface area contributed by atoms with Crippen LogP contribution in [-0.2, 0) is 25.5 Å². The van der Waals surface area contributed by atoms with Crippen molar-refractivity contribution < 1.29 is 19.1 Å². The number of benzene rings is 1. The van der Waals surface area contributed by atoms with E-state index in [4.69, 9.17) is 4.74 Å². The molecule has 2 atom stereocenters. The van der Waals surface area contributed by atoms with Gasteiger partial charge in [0.25, 0.3) is 0 Å². The fraction of sp³-hybridized carbons (Fsp3) is 0.625. The number of carbonyl (C=O) groups excluding carboxylic acids is 3. The zero-order valence-corrected chi connectivity index (χ0v) is 20.7. The molecule has 0 radical (unpaired) electrons. The van der Waals surface area contributed by atoms with E-state index in [0.29, 0.717) is 19.3 Å². The maximum atomic E-state index is 13.0. The molecule has 0 aliphatic rings. The number of halogens is 1. The summed E-state index contributed by atoms with van der Waals surface area (Å²) in [7, 11) is 0. The normalized spacial score (nSPS) is 13.6. The molecule has 1 aromatic rings. The minimum atomic E-state index is -0.696. The number of hydrogen-bond acceptors (Lipinski definition) is 4. The van der Waals surface area contributed by atoms with Crippen LogP contribution in [0.5, 0.6) is 0 Å². The van der Waals surface area contributed by atoms with E-state index in [9.17, 15) is 14.4 Å². The SMILES string of the molecule is CCC[C@H](NC(=O)[C@@H](CC(=O)Cc1ccc(Br)cc1)CC(C)C)C(=O)OC(C)(C)C. The molecule has 0 aliphatic heterocycles. The van der Waals surface area contributed by atoms with Crippen molar-refractivity contribution in [1.29, 1.82) is 0 Å². The van der Waals surface area contributed by atoms with E-state index in [1.165, 1.54) is 0 Å². The Kier molecular flexibility index (Phi) is 10.7. The largest absolute Gasteiger partial charge is 0.458 e. The molecule has 0 heterocycles. The summed E-state index contributed by atoms with van der Waals surface area (Å²) in [5.41, 5.74) is 0.302. The first-order valence-corrected chi connectivity index (χ1v) is 11.5. The molecule has 0 aliphatic carbocycles. The van der Waals surface area contributed by atoms with Crippen molar-refractivity contribution in [2.45, 2.75) is 85.3 Å². The molecule has 0 fully saturated rings. The highest BCUT2D eigenvalue weighted by Gasteiger charge is 2.30. The summed E-state index contributed by atoms with van der Waals surface area (Å²) in [6, 6.07) is 6.91. The molecule has 6 heteroatoms. The Morgan fingerprint density at radius 3 is 2.20 bits per heavy atom. The van der Waals surface area contributed by atoms with E-state index in [-0.39, 0.29) is 24.0 Å². The van der Waals surface area contributed by atoms with E-state index in [0.717, 1.165) is 16.5 Å². The summed E-state index contributed by atoms with van der Waals surface area (Å²) in [5, 5.41) is 2.85. The maximum Gasteiger partial charge on any atom is 0.329 e. The fourth-order valence-electron chi connectivity index (χ4n) is 3.23. The van der Waals surface area contributed by atoms with E-state index in [2.05, 4.69) is 21.2 Å². The predicted molar refractivity (Wildman–Crippen MR) is 123 cm³/mol. The summed E-state index contributed by atoms with van der Waals surface area (Å²) in [6.07, 6.45) is 2.28. The monoisotopic (exact) mass is 481 g/mol. The lowest BCUT2D eigenvalue weighted by atomic mass is 9.89. The van der Waals surface area contributed by atoms with Crippen molar-refractivity contribution in [2.75, 3.05) is 0 Å². The van der Waals surface area contributed by atoms with E-state index >= 15 is 0 Å². The molecule has 0 aromatic heterocycles. The van der Waals surface area contributed by atoms with Gasteiger partial charge in [-0.3, -0.25) is 9.59 Å². The molecule has 1 rings (SSSR count). The molecular formula is C24H36BrNO4. The highest BCUT2D eigenvalue weighted by molar-refractivity contribution is 9.10. The number of rotatable bonds is 11. The molecule has 168 valence electrons. The van der Waals surface area contributed by atoms with Crippen LogP contribution in [0.15, 0.2) is 28.7 Å². The molecule has 0 spiro atoms. The van der Waals surface area contributed by atoms with Gasteiger partial charge in [0.1, 0.15) is 17.4 Å². The van der Waals surface area contributed by atoms with Gasteiger partial charge in [-0.2, -0.15) is 0 Å². The average molecular weight is 482 g/mol. The number of carbonyl (C=O) groups is 3. The fourth-order valence-corrected chi connectivity index (χ4v) is 3.49. The summed E-state index contributed by atoms with van der Waals surface area (Å²) in [4.78, 5) is 38.1. The Labute approximate surface area is 189 Å². The zero-order chi connectivity index (χ0) is 22.9. The number of Topliss-reactive ketones (excluding diaryl/α,β-unsaturated/α-hetero) is 1. The maximum absolute atomic E-state index is 13.0. The van der Waals surface area contributed by atoms with Crippen LogP contribution < -0.4 is 5.32 Å². The Balaban J connectivity index is 2.83. The third-order valence-corrected chi connectivity index (χ3v) is 5.03. The van der Waals surface area contributed by atoms with E-state index in [1.807, 2.05) is 45.0 Å². The quantitative estimate of drug-likeness (QED) is 0.438. The lowest BCUT2D eigenvalue weighted by Gasteiger charge is -2.26. The highest BCUT2D eigenvalue weighted by atomic mass is 79.9. The van der Waals surface area contributed by atoms with Crippen LogP contribution in [0, 0.1) is 11.8 Å². The lowest BCUT2D eigenvalue weighted by Crippen LogP contribution is -2.46. The first-order valence-electron chi connectivity index (χ1n) is 10.7. The van der Waals surface area contributed by atoms with Gasteiger partial charge in [0.2, 0.25) is 5.91 Å². The van der Waals surface area contributed by atoms with E-state index < -0.39 is 23.5 Å². The molecule has 0 unspecified atom stereocenters. The number of amides is 1. The number of hydrogen-bond donors (Lipinski definition) is 1. The molecule has 1 amide bonds. The molecule has 1 aromatic carbocycles. The van der Waals surface area contributed by atoms with Crippen LogP contribution in [0.1, 0.15) is 72.8 Å². The van der Waals surface area contributed by atoms with Gasteiger partial charge in [-0.15, -0.1) is 0 Å². The standard InChI is InChI=1S/C24H36BrNO4/c1-7-8-21(23(29)30-24(4,5)6)26-22(28)18(13-16(2)3)15-20(27)14-17-9-11-19(25)12-10-17/h9-12,16,18,21H,7-8,13-15H2,1-6H3,(H,26,28)/t18-,21+/m1/s1. The molecule has 30 heavy (non-hydrogen) atoms. The minimum Gasteiger partial charge on any atom is -0.458 e. The molecule has 0 saturated heterocycles. The first kappa shape index (κ1) is 26.3. The average Bonchev–Trinajstić information content (AvgIpc) is 2.60. The van der Waals surface area contributed by atoms with Gasteiger partial charge in [0, 0.05) is 23.2 Å². The third kappa shape index (κ3) is 10.4. The second-order valence-electron chi connectivity index (χ2n) is 9.26. The van der Waals surface area contributed by atoms with Gasteiger partial charge in [-0.25, -0.2) is 4.79 Å². The molecule has 5 nitrogen and oxygen atoms in total. The molecule has 0 saturated carbocycles. The summed E-state index contributed by atoms with van der Waals surface area (Å²) < 4.78 is 6.42. The van der Waals surface area contributed by atoms with Crippen LogP contribution in [0.3, 0.4) is 0 Å². The first-order chi connectivity index (χ1) is 13.9. The third-order valence-electron chi connectivity index (χ3n) is 4.50. The molecule has 1 N–H and O–H groups in total. The van der Waals surface area contributed by atoms with Gasteiger partial charge in [0.05, 0.1) is 0 Å². The topological polar surface area (TPSA) is 72.5 Å². The Morgan fingerprint density at radius 2 is 1.70 bits per heavy atom. The van der Waals surface area contributed by atoms with Crippen LogP contribution in [0.2, 0.25) is 0 Å². The predicted octanol–water partition coefficient (Wildman–Crippen LogP) is 5.24.